The van der Waals surface area contributed by atoms with Crippen molar-refractivity contribution in [2.45, 2.75) is 185 Å². The molecule has 15 heteroatoms. The fraction of sp³-hybridized carbons (Fsp3) is 0.951. The highest BCUT2D eigenvalue weighted by Gasteiger charge is 2.73. The molecular formula is C41H70O15. The van der Waals surface area contributed by atoms with Gasteiger partial charge in [-0.3, -0.25) is 5.26 Å². The lowest BCUT2D eigenvalue weighted by molar-refractivity contribution is -0.353. The SMILES string of the molecule is CC(C)(/C=C/C[C@](C)(O[C@@H]1O[C@H](CO)[C@@H](O[C@@H]2O[C@@H](CO)[C@@H](O)[C@H]2O)[C@H](O)[C@H]1O)[C@@H]1CC[C@]2(C)[C@H]1[C@H](O)C[C@@H]1[C@@]3(C)CC[C@H](O)C(C)(C)[C@@H]3[C@@H](O)C[C@]12C)OO. The molecule has 20 atom stereocenters. The minimum Gasteiger partial charge on any atom is -0.394 e. The van der Waals surface area contributed by atoms with Crippen molar-refractivity contribution in [3.05, 3.63) is 12.2 Å². The van der Waals surface area contributed by atoms with Gasteiger partial charge < -0.3 is 64.9 Å². The van der Waals surface area contributed by atoms with E-state index in [4.69, 9.17) is 18.9 Å². The van der Waals surface area contributed by atoms with Crippen LogP contribution < -0.4 is 0 Å². The maximum atomic E-state index is 12.4. The summed E-state index contributed by atoms with van der Waals surface area (Å²) in [6, 6.07) is 0. The number of hydrogen-bond donors (Lipinski definition) is 10. The molecule has 4 saturated carbocycles. The van der Waals surface area contributed by atoms with E-state index in [1.807, 2.05) is 6.92 Å². The molecule has 0 spiro atoms. The second-order valence-electron chi connectivity index (χ2n) is 20.2. The molecule has 10 N–H and O–H groups in total. The number of hydrogen-bond acceptors (Lipinski definition) is 15. The Bertz CT molecular complexity index is 1410. The lowest BCUT2D eigenvalue weighted by atomic mass is 9.34. The van der Waals surface area contributed by atoms with Crippen LogP contribution >= 0.6 is 0 Å². The largest absolute Gasteiger partial charge is 0.394 e. The first-order chi connectivity index (χ1) is 26.0. The van der Waals surface area contributed by atoms with Gasteiger partial charge >= 0.3 is 0 Å². The second-order valence-corrected chi connectivity index (χ2v) is 20.2. The molecule has 0 aromatic heterocycles. The van der Waals surface area contributed by atoms with Crippen LogP contribution in [-0.2, 0) is 23.8 Å². The Morgan fingerprint density at radius 3 is 1.98 bits per heavy atom. The monoisotopic (exact) mass is 802 g/mol. The third kappa shape index (κ3) is 7.05. The summed E-state index contributed by atoms with van der Waals surface area (Å²) < 4.78 is 24.1. The van der Waals surface area contributed by atoms with Crippen molar-refractivity contribution in [3.8, 4) is 0 Å². The van der Waals surface area contributed by atoms with Crippen LogP contribution in [0.3, 0.4) is 0 Å². The summed E-state index contributed by atoms with van der Waals surface area (Å²) >= 11 is 0. The quantitative estimate of drug-likeness (QED) is 0.0802. The summed E-state index contributed by atoms with van der Waals surface area (Å²) in [6.07, 6.45) is -7.80. The van der Waals surface area contributed by atoms with Crippen LogP contribution in [-0.4, -0.2) is 149 Å². The van der Waals surface area contributed by atoms with E-state index < -0.39 is 114 Å². The first-order valence-corrected chi connectivity index (χ1v) is 20.6. The van der Waals surface area contributed by atoms with Crippen molar-refractivity contribution in [1.29, 1.82) is 0 Å². The molecule has 324 valence electrons. The van der Waals surface area contributed by atoms with Crippen LogP contribution in [0.2, 0.25) is 0 Å². The molecule has 0 aromatic rings. The van der Waals surface area contributed by atoms with E-state index in [9.17, 15) is 51.2 Å². The van der Waals surface area contributed by atoms with E-state index in [1.54, 1.807) is 26.0 Å². The van der Waals surface area contributed by atoms with E-state index in [0.717, 1.165) is 12.8 Å². The fourth-order valence-corrected chi connectivity index (χ4v) is 13.2. The van der Waals surface area contributed by atoms with Crippen LogP contribution in [0.4, 0.5) is 0 Å². The zero-order chi connectivity index (χ0) is 41.6. The highest BCUT2D eigenvalue weighted by molar-refractivity contribution is 5.22. The second kappa shape index (κ2) is 15.6. The number of fused-ring (bicyclic) bond motifs is 5. The molecule has 6 rings (SSSR count). The van der Waals surface area contributed by atoms with Gasteiger partial charge in [0.05, 0.1) is 37.1 Å². The normalized spacial score (nSPS) is 51.7. The first-order valence-electron chi connectivity index (χ1n) is 20.6. The average molecular weight is 803 g/mol. The van der Waals surface area contributed by atoms with Crippen molar-refractivity contribution in [2.24, 2.45) is 45.3 Å². The summed E-state index contributed by atoms with van der Waals surface area (Å²) in [4.78, 5) is 4.65. The van der Waals surface area contributed by atoms with E-state index in [0.29, 0.717) is 25.7 Å². The molecule has 0 aromatic carbocycles. The predicted molar refractivity (Wildman–Crippen MR) is 199 cm³/mol. The fourth-order valence-electron chi connectivity index (χ4n) is 13.2. The van der Waals surface area contributed by atoms with E-state index in [1.165, 1.54) is 0 Å². The Balaban J connectivity index is 1.31. The Labute approximate surface area is 330 Å². The van der Waals surface area contributed by atoms with Gasteiger partial charge in [0.2, 0.25) is 0 Å². The molecule has 2 heterocycles. The summed E-state index contributed by atoms with van der Waals surface area (Å²) in [5, 5.41) is 109. The maximum absolute atomic E-state index is 12.4. The molecule has 0 unspecified atom stereocenters. The van der Waals surface area contributed by atoms with Crippen molar-refractivity contribution < 1.29 is 75.1 Å². The lowest BCUT2D eigenvalue weighted by Gasteiger charge is -2.71. The minimum atomic E-state index is -1.72. The number of aliphatic hydroxyl groups is 9. The van der Waals surface area contributed by atoms with E-state index in [-0.39, 0.29) is 35.5 Å². The highest BCUT2D eigenvalue weighted by Crippen LogP contribution is 2.76. The highest BCUT2D eigenvalue weighted by atomic mass is 17.1. The van der Waals surface area contributed by atoms with Gasteiger partial charge in [-0.05, 0) is 111 Å². The Morgan fingerprint density at radius 2 is 1.38 bits per heavy atom. The molecule has 6 aliphatic rings. The number of aliphatic hydroxyl groups excluding tert-OH is 9. The van der Waals surface area contributed by atoms with Crippen molar-refractivity contribution in [2.75, 3.05) is 13.2 Å². The zero-order valence-corrected chi connectivity index (χ0v) is 34.3. The molecule has 0 amide bonds. The number of rotatable bonds is 11. The van der Waals surface area contributed by atoms with E-state index >= 15 is 0 Å². The van der Waals surface area contributed by atoms with Crippen LogP contribution in [0.1, 0.15) is 100 Å². The summed E-state index contributed by atoms with van der Waals surface area (Å²) in [5.41, 5.74) is -3.90. The lowest BCUT2D eigenvalue weighted by Crippen LogP contribution is -2.70. The molecule has 6 fully saturated rings. The molecule has 2 aliphatic heterocycles. The Morgan fingerprint density at radius 1 is 0.750 bits per heavy atom. The van der Waals surface area contributed by atoms with Gasteiger partial charge in [-0.1, -0.05) is 46.8 Å². The summed E-state index contributed by atoms with van der Waals surface area (Å²) in [5.74, 6) is -0.729. The van der Waals surface area contributed by atoms with Crippen LogP contribution in [0, 0.1) is 45.3 Å². The van der Waals surface area contributed by atoms with Gasteiger partial charge in [-0.15, -0.1) is 0 Å². The third-order valence-electron chi connectivity index (χ3n) is 16.3. The minimum absolute atomic E-state index is 0.0665. The predicted octanol–water partition coefficient (Wildman–Crippen LogP) is 1.23. The molecule has 4 aliphatic carbocycles. The zero-order valence-electron chi connectivity index (χ0n) is 34.3. The molecule has 15 nitrogen and oxygen atoms in total. The third-order valence-corrected chi connectivity index (χ3v) is 16.3. The van der Waals surface area contributed by atoms with Crippen molar-refractivity contribution >= 4 is 0 Å². The van der Waals surface area contributed by atoms with Crippen molar-refractivity contribution in [3.63, 3.8) is 0 Å². The first kappa shape index (κ1) is 44.7. The van der Waals surface area contributed by atoms with Crippen LogP contribution in [0.15, 0.2) is 12.2 Å². The number of ether oxygens (including phenoxy) is 4. The Kier molecular flexibility index (Phi) is 12.4. The maximum Gasteiger partial charge on any atom is 0.187 e. The molecule has 0 bridgehead atoms. The molecule has 0 radical (unpaired) electrons. The standard InChI is InChI=1S/C41H70O15/c1-36(2,56-51)12-9-13-41(8,55-35-31(50)29(48)32(24(19-43)53-35)54-34-30(49)28(47)23(18-42)52-34)20-10-15-39(6)27(20)21(44)16-25-38(5)14-11-26(46)37(3,4)33(38)22(45)17-40(25,39)7/h9,12,20-35,42-51H,10-11,13-19H2,1-8H3/b12-9+/t20-,21-,22+,23+,24-,25-,26+,27-,28-,29-,30-,31-,32-,33+,34+,35+,38-,39-,40-,41+/m1/s1. The average Bonchev–Trinajstić information content (AvgIpc) is 3.64. The van der Waals surface area contributed by atoms with Crippen LogP contribution in [0.25, 0.3) is 0 Å². The van der Waals surface area contributed by atoms with Gasteiger partial charge in [0.1, 0.15) is 48.3 Å². The summed E-state index contributed by atoms with van der Waals surface area (Å²) in [7, 11) is 0. The Hall–Kier alpha value is -0.860. The van der Waals surface area contributed by atoms with Gasteiger partial charge in [-0.2, -0.15) is 0 Å². The topological polar surface area (TPSA) is 248 Å². The molecular weight excluding hydrogens is 732 g/mol. The smallest absolute Gasteiger partial charge is 0.187 e. The van der Waals surface area contributed by atoms with Gasteiger partial charge in [0.25, 0.3) is 0 Å². The molecule has 2 saturated heterocycles. The van der Waals surface area contributed by atoms with E-state index in [2.05, 4.69) is 39.5 Å². The van der Waals surface area contributed by atoms with Gasteiger partial charge in [-0.25, -0.2) is 4.89 Å². The molecule has 56 heavy (non-hydrogen) atoms. The van der Waals surface area contributed by atoms with Crippen molar-refractivity contribution in [1.82, 2.24) is 0 Å². The van der Waals surface area contributed by atoms with Gasteiger partial charge in [0.15, 0.2) is 12.6 Å². The van der Waals surface area contributed by atoms with Gasteiger partial charge in [0, 0.05) is 0 Å². The summed E-state index contributed by atoms with van der Waals surface area (Å²) in [6.45, 7) is 14.8. The van der Waals surface area contributed by atoms with Crippen LogP contribution in [0.5, 0.6) is 0 Å².